The summed E-state index contributed by atoms with van der Waals surface area (Å²) in [4.78, 5) is 10.6. The normalized spacial score (nSPS) is 14.7. The highest BCUT2D eigenvalue weighted by Crippen LogP contribution is 2.21. The van der Waals surface area contributed by atoms with Gasteiger partial charge in [0.1, 0.15) is 5.82 Å². The molecule has 1 aromatic rings. The predicted molar refractivity (Wildman–Crippen MR) is 74.2 cm³/mol. The van der Waals surface area contributed by atoms with Crippen molar-refractivity contribution in [2.75, 3.05) is 6.61 Å². The molecular weight excluding hydrogens is 301 g/mol. The van der Waals surface area contributed by atoms with Crippen LogP contribution >= 0.6 is 0 Å². The summed E-state index contributed by atoms with van der Waals surface area (Å²) in [5.74, 6) is -2.52. The summed E-state index contributed by atoms with van der Waals surface area (Å²) in [6.07, 6.45) is 0.328. The number of aromatic carboxylic acids is 1. The van der Waals surface area contributed by atoms with Crippen molar-refractivity contribution in [1.82, 2.24) is 4.72 Å². The molecular formula is C13H18FNO5S. The first-order chi connectivity index (χ1) is 9.56. The second kappa shape index (κ2) is 6.08. The topological polar surface area (TPSA) is 104 Å². The molecule has 0 saturated carbocycles. The number of benzene rings is 1. The van der Waals surface area contributed by atoms with Gasteiger partial charge in [0.25, 0.3) is 0 Å². The van der Waals surface area contributed by atoms with E-state index in [1.807, 2.05) is 0 Å². The fourth-order valence-electron chi connectivity index (χ4n) is 1.65. The number of aliphatic hydroxyl groups is 1. The largest absolute Gasteiger partial charge is 0.478 e. The molecule has 6 nitrogen and oxygen atoms in total. The highest BCUT2D eigenvalue weighted by molar-refractivity contribution is 7.89. The lowest BCUT2D eigenvalue weighted by Crippen LogP contribution is -2.48. The minimum absolute atomic E-state index is 0.0857. The Balaban J connectivity index is 3.36. The van der Waals surface area contributed by atoms with Crippen LogP contribution in [0.1, 0.15) is 36.2 Å². The number of hydrogen-bond acceptors (Lipinski definition) is 4. The number of aliphatic hydroxyl groups excluding tert-OH is 1. The summed E-state index contributed by atoms with van der Waals surface area (Å²) in [7, 11) is -4.08. The van der Waals surface area contributed by atoms with Crippen LogP contribution in [0.5, 0.6) is 0 Å². The zero-order valence-electron chi connectivity index (χ0n) is 12.0. The second-order valence-electron chi connectivity index (χ2n) is 5.08. The van der Waals surface area contributed by atoms with Crippen molar-refractivity contribution in [2.45, 2.75) is 37.6 Å². The van der Waals surface area contributed by atoms with E-state index in [0.29, 0.717) is 6.42 Å². The fraction of sp³-hybridized carbons (Fsp3) is 0.462. The minimum Gasteiger partial charge on any atom is -0.478 e. The Labute approximate surface area is 122 Å². The lowest BCUT2D eigenvalue weighted by atomic mass is 10.0. The van der Waals surface area contributed by atoms with Gasteiger partial charge in [-0.3, -0.25) is 0 Å². The molecule has 0 amide bonds. The van der Waals surface area contributed by atoms with Gasteiger partial charge >= 0.3 is 5.97 Å². The molecule has 0 aromatic heterocycles. The van der Waals surface area contributed by atoms with Crippen molar-refractivity contribution in [3.63, 3.8) is 0 Å². The standard InChI is InChI=1S/C13H18FNO5S/c1-4-13(3,7-16)15-21(19,20)9-5-8(2)11(14)10(6-9)12(17)18/h5-6,15-16H,4,7H2,1-3H3,(H,17,18). The number of nitrogens with one attached hydrogen (secondary N) is 1. The monoisotopic (exact) mass is 319 g/mol. The number of carboxylic acids is 1. The summed E-state index contributed by atoms with van der Waals surface area (Å²) in [5, 5.41) is 18.2. The Morgan fingerprint density at radius 1 is 1.43 bits per heavy atom. The number of sulfonamides is 1. The maximum Gasteiger partial charge on any atom is 0.338 e. The van der Waals surface area contributed by atoms with Crippen LogP contribution in [-0.2, 0) is 10.0 Å². The van der Waals surface area contributed by atoms with Crippen LogP contribution in [0, 0.1) is 12.7 Å². The molecule has 0 heterocycles. The van der Waals surface area contributed by atoms with E-state index >= 15 is 0 Å². The van der Waals surface area contributed by atoms with Gasteiger partial charge in [-0.1, -0.05) is 6.92 Å². The first-order valence-electron chi connectivity index (χ1n) is 6.24. The van der Waals surface area contributed by atoms with Crippen LogP contribution in [0.4, 0.5) is 4.39 Å². The van der Waals surface area contributed by atoms with Crippen molar-refractivity contribution >= 4 is 16.0 Å². The van der Waals surface area contributed by atoms with Gasteiger partial charge in [-0.2, -0.15) is 0 Å². The van der Waals surface area contributed by atoms with Gasteiger partial charge in [0.15, 0.2) is 0 Å². The van der Waals surface area contributed by atoms with Crippen molar-refractivity contribution in [3.8, 4) is 0 Å². The fourth-order valence-corrected chi connectivity index (χ4v) is 3.23. The van der Waals surface area contributed by atoms with Crippen LogP contribution in [0.2, 0.25) is 0 Å². The van der Waals surface area contributed by atoms with Crippen LogP contribution < -0.4 is 4.72 Å². The maximum atomic E-state index is 13.7. The van der Waals surface area contributed by atoms with E-state index in [9.17, 15) is 22.7 Å². The number of rotatable bonds is 6. The highest BCUT2D eigenvalue weighted by Gasteiger charge is 2.29. The Bertz CT molecular complexity index is 653. The summed E-state index contributed by atoms with van der Waals surface area (Å²) in [6, 6.07) is 1.82. The third kappa shape index (κ3) is 3.78. The van der Waals surface area contributed by atoms with E-state index in [0.717, 1.165) is 12.1 Å². The van der Waals surface area contributed by atoms with Gasteiger partial charge in [-0.25, -0.2) is 22.3 Å². The number of carbonyl (C=O) groups is 1. The summed E-state index contributed by atoms with van der Waals surface area (Å²) < 4.78 is 40.5. The van der Waals surface area contributed by atoms with Crippen LogP contribution in [0.3, 0.4) is 0 Å². The van der Waals surface area contributed by atoms with Crippen molar-refractivity contribution in [1.29, 1.82) is 0 Å². The third-order valence-corrected chi connectivity index (χ3v) is 4.90. The molecule has 0 fully saturated rings. The Morgan fingerprint density at radius 2 is 2.00 bits per heavy atom. The van der Waals surface area contributed by atoms with Gasteiger partial charge in [-0.15, -0.1) is 0 Å². The number of carboxylic acid groups (broad SMARTS) is 1. The van der Waals surface area contributed by atoms with Crippen molar-refractivity contribution in [2.24, 2.45) is 0 Å². The Hall–Kier alpha value is -1.51. The first-order valence-corrected chi connectivity index (χ1v) is 7.73. The van der Waals surface area contributed by atoms with E-state index < -0.39 is 39.5 Å². The summed E-state index contributed by atoms with van der Waals surface area (Å²) in [5.41, 5.74) is -1.88. The lowest BCUT2D eigenvalue weighted by molar-refractivity contribution is 0.0691. The SMILES string of the molecule is CCC(C)(CO)NS(=O)(=O)c1cc(C)c(F)c(C(=O)O)c1. The average Bonchev–Trinajstić information content (AvgIpc) is 2.40. The Kier molecular flexibility index (Phi) is 5.08. The van der Waals surface area contributed by atoms with Crippen LogP contribution in [-0.4, -0.2) is 36.7 Å². The Morgan fingerprint density at radius 3 is 2.43 bits per heavy atom. The van der Waals surface area contributed by atoms with E-state index in [2.05, 4.69) is 4.72 Å². The second-order valence-corrected chi connectivity index (χ2v) is 6.77. The molecule has 0 saturated heterocycles. The average molecular weight is 319 g/mol. The van der Waals surface area contributed by atoms with Gasteiger partial charge in [0.05, 0.1) is 22.6 Å². The highest BCUT2D eigenvalue weighted by atomic mass is 32.2. The van der Waals surface area contributed by atoms with E-state index in [4.69, 9.17) is 5.11 Å². The molecule has 0 aliphatic carbocycles. The zero-order chi connectivity index (χ0) is 16.4. The minimum atomic E-state index is -4.08. The molecule has 1 atom stereocenters. The maximum absolute atomic E-state index is 13.7. The van der Waals surface area contributed by atoms with Gasteiger partial charge < -0.3 is 10.2 Å². The number of hydrogen-bond donors (Lipinski definition) is 3. The molecule has 1 unspecified atom stereocenters. The molecule has 0 aliphatic rings. The molecule has 21 heavy (non-hydrogen) atoms. The zero-order valence-corrected chi connectivity index (χ0v) is 12.8. The first kappa shape index (κ1) is 17.5. The predicted octanol–water partition coefficient (Wildman–Crippen LogP) is 1.27. The van der Waals surface area contributed by atoms with E-state index in [1.54, 1.807) is 6.92 Å². The van der Waals surface area contributed by atoms with Gasteiger partial charge in [0.2, 0.25) is 10.0 Å². The molecule has 0 radical (unpaired) electrons. The van der Waals surface area contributed by atoms with Crippen molar-refractivity contribution < 1.29 is 27.8 Å². The van der Waals surface area contributed by atoms with E-state index in [1.165, 1.54) is 13.8 Å². The van der Waals surface area contributed by atoms with E-state index in [-0.39, 0.29) is 10.5 Å². The molecule has 8 heteroatoms. The molecule has 0 aliphatic heterocycles. The molecule has 0 bridgehead atoms. The molecule has 118 valence electrons. The summed E-state index contributed by atoms with van der Waals surface area (Å²) in [6.45, 7) is 4.07. The summed E-state index contributed by atoms with van der Waals surface area (Å²) >= 11 is 0. The van der Waals surface area contributed by atoms with Crippen molar-refractivity contribution in [3.05, 3.63) is 29.1 Å². The molecule has 1 aromatic carbocycles. The number of halogens is 1. The number of aryl methyl sites for hydroxylation is 1. The quantitative estimate of drug-likeness (QED) is 0.732. The van der Waals surface area contributed by atoms with Gasteiger partial charge in [0, 0.05) is 0 Å². The molecule has 1 rings (SSSR count). The smallest absolute Gasteiger partial charge is 0.338 e. The van der Waals surface area contributed by atoms with Gasteiger partial charge in [-0.05, 0) is 38.0 Å². The molecule has 3 N–H and O–H groups in total. The van der Waals surface area contributed by atoms with Crippen LogP contribution in [0.15, 0.2) is 17.0 Å². The van der Waals surface area contributed by atoms with Crippen LogP contribution in [0.25, 0.3) is 0 Å². The lowest BCUT2D eigenvalue weighted by Gasteiger charge is -2.26. The molecule has 0 spiro atoms. The third-order valence-electron chi connectivity index (χ3n) is 3.28.